The minimum Gasteiger partial charge on any atom is -0.469 e. The number of hydrogen-bond donors (Lipinski definition) is 1. The largest absolute Gasteiger partial charge is 0.469 e. The maximum absolute atomic E-state index is 12.2. The first-order valence-corrected chi connectivity index (χ1v) is 6.17. The molecule has 0 spiro atoms. The zero-order chi connectivity index (χ0) is 12.1. The van der Waals surface area contributed by atoms with E-state index in [0.717, 1.165) is 31.7 Å². The fourth-order valence-electron chi connectivity index (χ4n) is 2.39. The first kappa shape index (κ1) is 12.2. The van der Waals surface area contributed by atoms with E-state index in [1.807, 2.05) is 19.1 Å². The van der Waals surface area contributed by atoms with E-state index in [-0.39, 0.29) is 5.97 Å². The van der Waals surface area contributed by atoms with E-state index in [2.05, 4.69) is 5.32 Å². The molecule has 0 saturated carbocycles. The molecule has 4 heteroatoms. The average Bonchev–Trinajstić information content (AvgIpc) is 2.83. The van der Waals surface area contributed by atoms with E-state index in [1.165, 1.54) is 0 Å². The van der Waals surface area contributed by atoms with E-state index in [9.17, 15) is 4.79 Å². The Morgan fingerprint density at radius 2 is 2.29 bits per heavy atom. The highest BCUT2D eigenvalue weighted by Crippen LogP contribution is 2.34. The van der Waals surface area contributed by atoms with Crippen molar-refractivity contribution in [2.75, 3.05) is 19.7 Å². The highest BCUT2D eigenvalue weighted by molar-refractivity contribution is 5.77. The Morgan fingerprint density at radius 1 is 1.53 bits per heavy atom. The molecular weight excluding hydrogens is 218 g/mol. The second kappa shape index (κ2) is 5.36. The Balaban J connectivity index is 2.14. The third kappa shape index (κ3) is 2.69. The Hall–Kier alpha value is -1.29. The predicted molar refractivity (Wildman–Crippen MR) is 63.6 cm³/mol. The first-order valence-electron chi connectivity index (χ1n) is 6.17. The number of ether oxygens (including phenoxy) is 1. The molecule has 0 atom stereocenters. The van der Waals surface area contributed by atoms with Crippen molar-refractivity contribution in [3.05, 3.63) is 24.2 Å². The minimum atomic E-state index is -0.404. The number of esters is 1. The molecule has 4 nitrogen and oxygen atoms in total. The summed E-state index contributed by atoms with van der Waals surface area (Å²) in [5, 5.41) is 3.28. The molecule has 2 heterocycles. The van der Waals surface area contributed by atoms with Crippen LogP contribution < -0.4 is 5.32 Å². The molecule has 0 bridgehead atoms. The van der Waals surface area contributed by atoms with E-state index in [1.54, 1.807) is 6.26 Å². The number of hydrogen-bond acceptors (Lipinski definition) is 4. The Kier molecular flexibility index (Phi) is 3.84. The zero-order valence-corrected chi connectivity index (χ0v) is 10.2. The number of carbonyl (C=O) groups is 1. The third-order valence-electron chi connectivity index (χ3n) is 3.36. The summed E-state index contributed by atoms with van der Waals surface area (Å²) in [6, 6.07) is 3.78. The molecule has 1 N–H and O–H groups in total. The molecule has 1 aromatic heterocycles. The van der Waals surface area contributed by atoms with Crippen molar-refractivity contribution in [2.45, 2.75) is 26.2 Å². The van der Waals surface area contributed by atoms with Gasteiger partial charge in [0, 0.05) is 6.42 Å². The Bertz CT molecular complexity index is 353. The molecule has 0 aromatic carbocycles. The molecule has 0 amide bonds. The van der Waals surface area contributed by atoms with Crippen LogP contribution in [0.1, 0.15) is 25.5 Å². The maximum Gasteiger partial charge on any atom is 0.312 e. The topological polar surface area (TPSA) is 51.5 Å². The maximum atomic E-state index is 12.2. The van der Waals surface area contributed by atoms with Gasteiger partial charge in [0.2, 0.25) is 0 Å². The summed E-state index contributed by atoms with van der Waals surface area (Å²) >= 11 is 0. The van der Waals surface area contributed by atoms with E-state index in [0.29, 0.717) is 13.0 Å². The van der Waals surface area contributed by atoms with Crippen LogP contribution in [0.5, 0.6) is 0 Å². The van der Waals surface area contributed by atoms with Crippen molar-refractivity contribution >= 4 is 5.97 Å². The van der Waals surface area contributed by atoms with Gasteiger partial charge in [-0.1, -0.05) is 0 Å². The van der Waals surface area contributed by atoms with Gasteiger partial charge in [-0.3, -0.25) is 4.79 Å². The van der Waals surface area contributed by atoms with Gasteiger partial charge in [-0.15, -0.1) is 0 Å². The summed E-state index contributed by atoms with van der Waals surface area (Å²) in [4.78, 5) is 12.2. The minimum absolute atomic E-state index is 0.0853. The van der Waals surface area contributed by atoms with Gasteiger partial charge < -0.3 is 14.5 Å². The average molecular weight is 237 g/mol. The van der Waals surface area contributed by atoms with E-state index in [4.69, 9.17) is 9.15 Å². The lowest BCUT2D eigenvalue weighted by atomic mass is 9.75. The normalized spacial score (nSPS) is 18.9. The molecule has 0 unspecified atom stereocenters. The lowest BCUT2D eigenvalue weighted by Gasteiger charge is -2.34. The van der Waals surface area contributed by atoms with Crippen LogP contribution >= 0.6 is 0 Å². The van der Waals surface area contributed by atoms with Crippen molar-refractivity contribution in [1.29, 1.82) is 0 Å². The van der Waals surface area contributed by atoms with Crippen LogP contribution in [0.4, 0.5) is 0 Å². The van der Waals surface area contributed by atoms with Gasteiger partial charge in [-0.25, -0.2) is 0 Å². The molecule has 17 heavy (non-hydrogen) atoms. The lowest BCUT2D eigenvalue weighted by molar-refractivity contribution is -0.157. The lowest BCUT2D eigenvalue weighted by Crippen LogP contribution is -2.44. The van der Waals surface area contributed by atoms with Crippen LogP contribution in [0, 0.1) is 5.41 Å². The van der Waals surface area contributed by atoms with Gasteiger partial charge in [0.15, 0.2) is 0 Å². The van der Waals surface area contributed by atoms with Crippen molar-refractivity contribution < 1.29 is 13.9 Å². The standard InChI is InChI=1S/C13H19NO3/c1-2-16-12(15)13(5-7-14-8-6-13)10-11-4-3-9-17-11/h3-4,9,14H,2,5-8,10H2,1H3. The van der Waals surface area contributed by atoms with Crippen molar-refractivity contribution in [2.24, 2.45) is 5.41 Å². The fourth-order valence-corrected chi connectivity index (χ4v) is 2.39. The Labute approximate surface area is 101 Å². The van der Waals surface area contributed by atoms with Gasteiger partial charge in [-0.05, 0) is 45.0 Å². The molecule has 1 fully saturated rings. The molecule has 1 saturated heterocycles. The highest BCUT2D eigenvalue weighted by Gasteiger charge is 2.41. The van der Waals surface area contributed by atoms with Gasteiger partial charge >= 0.3 is 5.97 Å². The van der Waals surface area contributed by atoms with Crippen molar-refractivity contribution in [3.63, 3.8) is 0 Å². The number of piperidine rings is 1. The van der Waals surface area contributed by atoms with Crippen LogP contribution in [0.15, 0.2) is 22.8 Å². The van der Waals surface area contributed by atoms with Gasteiger partial charge in [0.05, 0.1) is 18.3 Å². The van der Waals surface area contributed by atoms with E-state index < -0.39 is 5.41 Å². The first-order chi connectivity index (χ1) is 8.27. The SMILES string of the molecule is CCOC(=O)C1(Cc2ccco2)CCNCC1. The molecule has 2 rings (SSSR count). The summed E-state index contributed by atoms with van der Waals surface area (Å²) in [5.41, 5.74) is -0.404. The second-order valence-corrected chi connectivity index (χ2v) is 4.51. The summed E-state index contributed by atoms with van der Waals surface area (Å²) in [7, 11) is 0. The number of carbonyl (C=O) groups excluding carboxylic acids is 1. The molecular formula is C13H19NO3. The molecule has 1 aliphatic rings. The van der Waals surface area contributed by atoms with Gasteiger partial charge in [0.25, 0.3) is 0 Å². The highest BCUT2D eigenvalue weighted by atomic mass is 16.5. The van der Waals surface area contributed by atoms with Crippen molar-refractivity contribution in [1.82, 2.24) is 5.32 Å². The van der Waals surface area contributed by atoms with Crippen LogP contribution in [0.2, 0.25) is 0 Å². The molecule has 0 radical (unpaired) electrons. The summed E-state index contributed by atoms with van der Waals surface area (Å²) in [6.07, 6.45) is 3.91. The summed E-state index contributed by atoms with van der Waals surface area (Å²) in [6.45, 7) is 4.00. The smallest absolute Gasteiger partial charge is 0.312 e. The molecule has 1 aromatic rings. The molecule has 94 valence electrons. The predicted octanol–water partition coefficient (Wildman–Crippen LogP) is 1.75. The van der Waals surface area contributed by atoms with Crippen LogP contribution in [0.3, 0.4) is 0 Å². The summed E-state index contributed by atoms with van der Waals surface area (Å²) in [5.74, 6) is 0.776. The van der Waals surface area contributed by atoms with Crippen LogP contribution in [0.25, 0.3) is 0 Å². The van der Waals surface area contributed by atoms with Crippen LogP contribution in [-0.4, -0.2) is 25.7 Å². The third-order valence-corrected chi connectivity index (χ3v) is 3.36. The second-order valence-electron chi connectivity index (χ2n) is 4.51. The number of furan rings is 1. The number of rotatable bonds is 4. The Morgan fingerprint density at radius 3 is 2.88 bits per heavy atom. The van der Waals surface area contributed by atoms with Crippen molar-refractivity contribution in [3.8, 4) is 0 Å². The van der Waals surface area contributed by atoms with Crippen LogP contribution in [-0.2, 0) is 16.0 Å². The fraction of sp³-hybridized carbons (Fsp3) is 0.615. The molecule has 1 aliphatic heterocycles. The van der Waals surface area contributed by atoms with Gasteiger partial charge in [0.1, 0.15) is 5.76 Å². The quantitative estimate of drug-likeness (QED) is 0.811. The zero-order valence-electron chi connectivity index (χ0n) is 10.2. The monoisotopic (exact) mass is 237 g/mol. The van der Waals surface area contributed by atoms with E-state index >= 15 is 0 Å². The van der Waals surface area contributed by atoms with Gasteiger partial charge in [-0.2, -0.15) is 0 Å². The molecule has 0 aliphatic carbocycles. The summed E-state index contributed by atoms with van der Waals surface area (Å²) < 4.78 is 10.6. The number of nitrogens with one attached hydrogen (secondary N) is 1.